The van der Waals surface area contributed by atoms with Crippen LogP contribution in [0.15, 0.2) is 0 Å². The molecule has 0 rings (SSSR count). The second-order valence-electron chi connectivity index (χ2n) is 2.86. The van der Waals surface area contributed by atoms with Gasteiger partial charge >= 0.3 is 17.9 Å². The normalized spacial score (nSPS) is 16.7. The lowest BCUT2D eigenvalue weighted by atomic mass is 9.86. The zero-order valence-electron chi connectivity index (χ0n) is 7.30. The number of rotatable bonds is 5. The predicted octanol–water partition coefficient (Wildman–Crippen LogP) is -1.00. The molecule has 7 nitrogen and oxygen atoms in total. The Morgan fingerprint density at radius 3 is 1.86 bits per heavy atom. The lowest BCUT2D eigenvalue weighted by Crippen LogP contribution is -2.49. The van der Waals surface area contributed by atoms with E-state index in [9.17, 15) is 19.5 Å². The van der Waals surface area contributed by atoms with Gasteiger partial charge in [0, 0.05) is 0 Å². The molecule has 0 aromatic carbocycles. The summed E-state index contributed by atoms with van der Waals surface area (Å²) in [7, 11) is 0. The Morgan fingerprint density at radius 1 is 1.21 bits per heavy atom. The van der Waals surface area contributed by atoms with Crippen LogP contribution in [-0.4, -0.2) is 43.9 Å². The molecule has 0 aromatic heterocycles. The molecule has 0 saturated carbocycles. The highest BCUT2D eigenvalue weighted by atomic mass is 16.4. The van der Waals surface area contributed by atoms with Crippen molar-refractivity contribution < 1.29 is 34.8 Å². The van der Waals surface area contributed by atoms with E-state index in [2.05, 4.69) is 0 Å². The molecule has 4 N–H and O–H groups in total. The van der Waals surface area contributed by atoms with Crippen LogP contribution in [0.3, 0.4) is 0 Å². The van der Waals surface area contributed by atoms with Crippen LogP contribution in [0.2, 0.25) is 0 Å². The summed E-state index contributed by atoms with van der Waals surface area (Å²) in [5.74, 6) is -6.72. The number of hydrogen-bond acceptors (Lipinski definition) is 4. The Balaban J connectivity index is 4.99. The zero-order valence-corrected chi connectivity index (χ0v) is 7.30. The predicted molar refractivity (Wildman–Crippen MR) is 41.6 cm³/mol. The van der Waals surface area contributed by atoms with Gasteiger partial charge in [0.15, 0.2) is 5.60 Å². The summed E-state index contributed by atoms with van der Waals surface area (Å²) in [4.78, 5) is 31.2. The summed E-state index contributed by atoms with van der Waals surface area (Å²) in [6, 6.07) is 0. The highest BCUT2D eigenvalue weighted by molar-refractivity contribution is 5.89. The van der Waals surface area contributed by atoms with Gasteiger partial charge in [-0.2, -0.15) is 0 Å². The van der Waals surface area contributed by atoms with E-state index in [-0.39, 0.29) is 0 Å². The molecule has 0 fully saturated rings. The Hall–Kier alpha value is -1.63. The molecule has 80 valence electrons. The van der Waals surface area contributed by atoms with Crippen LogP contribution in [0.4, 0.5) is 0 Å². The van der Waals surface area contributed by atoms with E-state index >= 15 is 0 Å². The third-order valence-corrected chi connectivity index (χ3v) is 1.88. The van der Waals surface area contributed by atoms with Gasteiger partial charge in [0.1, 0.15) is 0 Å². The van der Waals surface area contributed by atoms with Crippen molar-refractivity contribution in [2.24, 2.45) is 5.92 Å². The average molecular weight is 206 g/mol. The molecule has 0 aliphatic heterocycles. The minimum absolute atomic E-state index is 0.930. The molecule has 0 unspecified atom stereocenters. The molecule has 0 amide bonds. The van der Waals surface area contributed by atoms with Crippen molar-refractivity contribution in [1.29, 1.82) is 0 Å². The maximum absolute atomic E-state index is 10.5. The highest BCUT2D eigenvalue weighted by Gasteiger charge is 2.47. The maximum Gasteiger partial charge on any atom is 0.337 e. The number of hydrogen-bond donors (Lipinski definition) is 4. The molecule has 0 aliphatic carbocycles. The first-order chi connectivity index (χ1) is 6.21. The van der Waals surface area contributed by atoms with Gasteiger partial charge in [0.2, 0.25) is 0 Å². The molecule has 0 spiro atoms. The van der Waals surface area contributed by atoms with Crippen LogP contribution < -0.4 is 0 Å². The molecule has 0 aliphatic rings. The van der Waals surface area contributed by atoms with Gasteiger partial charge in [0.05, 0.1) is 12.3 Å². The number of aliphatic carboxylic acids is 3. The van der Waals surface area contributed by atoms with Crippen molar-refractivity contribution in [1.82, 2.24) is 0 Å². The fourth-order valence-corrected chi connectivity index (χ4v) is 0.849. The van der Waals surface area contributed by atoms with Crippen molar-refractivity contribution >= 4 is 17.9 Å². The minimum Gasteiger partial charge on any atom is -0.481 e. The lowest BCUT2D eigenvalue weighted by molar-refractivity contribution is -0.177. The van der Waals surface area contributed by atoms with Crippen molar-refractivity contribution in [2.45, 2.75) is 18.9 Å². The van der Waals surface area contributed by atoms with Gasteiger partial charge in [-0.15, -0.1) is 0 Å². The van der Waals surface area contributed by atoms with Crippen molar-refractivity contribution in [2.75, 3.05) is 0 Å². The fourth-order valence-electron chi connectivity index (χ4n) is 0.849. The van der Waals surface area contributed by atoms with Gasteiger partial charge in [-0.25, -0.2) is 4.79 Å². The average Bonchev–Trinajstić information content (AvgIpc) is 2.00. The van der Waals surface area contributed by atoms with Gasteiger partial charge < -0.3 is 20.4 Å². The summed E-state index contributed by atoms with van der Waals surface area (Å²) in [5, 5.41) is 34.6. The highest BCUT2D eigenvalue weighted by Crippen LogP contribution is 2.22. The quantitative estimate of drug-likeness (QED) is 0.453. The molecule has 14 heavy (non-hydrogen) atoms. The Bertz CT molecular complexity index is 271. The molecule has 0 radical (unpaired) electrons. The first-order valence-electron chi connectivity index (χ1n) is 3.62. The third-order valence-electron chi connectivity index (χ3n) is 1.88. The summed E-state index contributed by atoms with van der Waals surface area (Å²) in [6.45, 7) is 0.930. The van der Waals surface area contributed by atoms with Crippen LogP contribution in [-0.2, 0) is 14.4 Å². The van der Waals surface area contributed by atoms with Crippen molar-refractivity contribution in [3.8, 4) is 0 Å². The van der Waals surface area contributed by atoms with E-state index in [0.29, 0.717) is 0 Å². The molecule has 7 heteroatoms. The van der Waals surface area contributed by atoms with Crippen LogP contribution in [0.25, 0.3) is 0 Å². The standard InChI is InChI=1S/C7H10O7/c1-3(5(10)11)7(14,6(12)13)2-4(8)9/h3,14H,2H2,1H3,(H,8,9)(H,10,11)(H,12,13)/t3-,7-/m1/s1. The Labute approximate surface area is 78.6 Å². The molecule has 0 bridgehead atoms. The first kappa shape index (κ1) is 12.4. The zero-order chi connectivity index (χ0) is 11.5. The third kappa shape index (κ3) is 2.43. The van der Waals surface area contributed by atoms with Gasteiger partial charge in [-0.05, 0) is 6.92 Å². The van der Waals surface area contributed by atoms with E-state index in [1.807, 2.05) is 0 Å². The van der Waals surface area contributed by atoms with Gasteiger partial charge in [-0.3, -0.25) is 9.59 Å². The number of aliphatic hydroxyl groups is 1. The lowest BCUT2D eigenvalue weighted by Gasteiger charge is -2.25. The topological polar surface area (TPSA) is 132 Å². The fraction of sp³-hybridized carbons (Fsp3) is 0.571. The second kappa shape index (κ2) is 4.05. The van der Waals surface area contributed by atoms with Crippen LogP contribution in [0.5, 0.6) is 0 Å². The first-order valence-corrected chi connectivity index (χ1v) is 3.62. The summed E-state index contributed by atoms with van der Waals surface area (Å²) in [5.41, 5.74) is -2.78. The minimum atomic E-state index is -2.78. The molecule has 2 atom stereocenters. The van der Waals surface area contributed by atoms with Crippen molar-refractivity contribution in [3.63, 3.8) is 0 Å². The van der Waals surface area contributed by atoms with Crippen molar-refractivity contribution in [3.05, 3.63) is 0 Å². The Morgan fingerprint density at radius 2 is 1.64 bits per heavy atom. The van der Waals surface area contributed by atoms with E-state index in [1.54, 1.807) is 0 Å². The van der Waals surface area contributed by atoms with Crippen LogP contribution in [0.1, 0.15) is 13.3 Å². The second-order valence-corrected chi connectivity index (χ2v) is 2.86. The smallest absolute Gasteiger partial charge is 0.337 e. The van der Waals surface area contributed by atoms with E-state index in [0.717, 1.165) is 6.92 Å². The van der Waals surface area contributed by atoms with Crippen LogP contribution in [0, 0.1) is 5.92 Å². The van der Waals surface area contributed by atoms with Gasteiger partial charge in [0.25, 0.3) is 0 Å². The molecule has 0 aromatic rings. The molecule has 0 saturated heterocycles. The largest absolute Gasteiger partial charge is 0.481 e. The van der Waals surface area contributed by atoms with E-state index in [4.69, 9.17) is 15.3 Å². The molecular weight excluding hydrogens is 196 g/mol. The van der Waals surface area contributed by atoms with E-state index in [1.165, 1.54) is 0 Å². The maximum atomic E-state index is 10.5. The van der Waals surface area contributed by atoms with Gasteiger partial charge in [-0.1, -0.05) is 0 Å². The molecular formula is C7H10O7. The summed E-state index contributed by atoms with van der Waals surface area (Å²) in [6.07, 6.45) is -1.16. The Kier molecular flexibility index (Phi) is 3.58. The molecule has 0 heterocycles. The number of carbonyl (C=O) groups is 3. The monoisotopic (exact) mass is 206 g/mol. The summed E-state index contributed by atoms with van der Waals surface area (Å²) >= 11 is 0. The number of carboxylic acids is 3. The van der Waals surface area contributed by atoms with E-state index < -0.39 is 35.8 Å². The number of carboxylic acid groups (broad SMARTS) is 3. The SMILES string of the molecule is C[C@H](C(=O)O)[C@](O)(CC(=O)O)C(=O)O. The van der Waals surface area contributed by atoms with Crippen LogP contribution >= 0.6 is 0 Å². The summed E-state index contributed by atoms with van der Waals surface area (Å²) < 4.78 is 0.